The molecule has 0 unspecified atom stereocenters. The second kappa shape index (κ2) is 7.21. The summed E-state index contributed by atoms with van der Waals surface area (Å²) < 4.78 is 11.7. The van der Waals surface area contributed by atoms with Gasteiger partial charge >= 0.3 is 0 Å². The fraction of sp³-hybridized carbons (Fsp3) is 0.500. The molecule has 1 spiro atoms. The zero-order valence-electron chi connectivity index (χ0n) is 15.0. The number of hydrogen-bond donors (Lipinski definition) is 1. The Hall–Kier alpha value is -2.18. The summed E-state index contributed by atoms with van der Waals surface area (Å²) in [4.78, 5) is 10.9. The van der Waals surface area contributed by atoms with Gasteiger partial charge in [-0.3, -0.25) is 0 Å². The van der Waals surface area contributed by atoms with Gasteiger partial charge in [-0.15, -0.1) is 0 Å². The Bertz CT molecular complexity index is 715. The van der Waals surface area contributed by atoms with Gasteiger partial charge in [0.1, 0.15) is 0 Å². The third kappa shape index (κ3) is 3.52. The molecule has 0 amide bonds. The van der Waals surface area contributed by atoms with E-state index in [-0.39, 0.29) is 17.8 Å². The molecule has 0 aliphatic carbocycles. The summed E-state index contributed by atoms with van der Waals surface area (Å²) in [6.45, 7) is 1.64. The van der Waals surface area contributed by atoms with Gasteiger partial charge in [-0.25, -0.2) is 9.97 Å². The molecule has 2 aliphatic heterocycles. The van der Waals surface area contributed by atoms with Gasteiger partial charge in [0.05, 0.1) is 37.3 Å². The topological polar surface area (TPSA) is 67.7 Å². The molecule has 1 aromatic carbocycles. The average molecular weight is 355 g/mol. The van der Waals surface area contributed by atoms with Crippen LogP contribution in [0.15, 0.2) is 42.7 Å². The zero-order valence-corrected chi connectivity index (χ0v) is 15.0. The predicted molar refractivity (Wildman–Crippen MR) is 98.3 cm³/mol. The molecule has 0 bridgehead atoms. The van der Waals surface area contributed by atoms with E-state index in [0.717, 1.165) is 37.4 Å². The molecule has 0 saturated carbocycles. The quantitative estimate of drug-likeness (QED) is 0.913. The van der Waals surface area contributed by atoms with Crippen LogP contribution < -0.4 is 9.64 Å². The molecule has 4 rings (SSSR count). The van der Waals surface area contributed by atoms with Crippen molar-refractivity contribution in [1.82, 2.24) is 9.97 Å². The lowest BCUT2D eigenvalue weighted by Gasteiger charge is -2.48. The molecule has 2 aromatic rings. The van der Waals surface area contributed by atoms with Crippen LogP contribution in [0.25, 0.3) is 0 Å². The molecule has 138 valence electrons. The van der Waals surface area contributed by atoms with Crippen LogP contribution in [0.2, 0.25) is 0 Å². The molecule has 0 radical (unpaired) electrons. The minimum atomic E-state index is -0.322. The summed E-state index contributed by atoms with van der Waals surface area (Å²) in [6, 6.07) is 10.2. The Labute approximate surface area is 153 Å². The largest absolute Gasteiger partial charge is 0.494 e. The number of hydrogen-bond acceptors (Lipinski definition) is 6. The van der Waals surface area contributed by atoms with Gasteiger partial charge < -0.3 is 19.5 Å². The maximum Gasteiger partial charge on any atom is 0.225 e. The van der Waals surface area contributed by atoms with Crippen LogP contribution in [0.1, 0.15) is 37.4 Å². The number of aliphatic hydroxyl groups excluding tert-OH is 1. The molecule has 26 heavy (non-hydrogen) atoms. The first kappa shape index (κ1) is 17.2. The number of piperidine rings is 1. The summed E-state index contributed by atoms with van der Waals surface area (Å²) in [5.41, 5.74) is 0.882. The van der Waals surface area contributed by atoms with Crippen LogP contribution >= 0.6 is 0 Å². The van der Waals surface area contributed by atoms with E-state index in [1.54, 1.807) is 19.5 Å². The average Bonchev–Trinajstić information content (AvgIpc) is 2.69. The molecular formula is C20H25N3O3. The third-order valence-electron chi connectivity index (χ3n) is 5.47. The van der Waals surface area contributed by atoms with E-state index in [2.05, 4.69) is 27.0 Å². The van der Waals surface area contributed by atoms with Crippen molar-refractivity contribution in [2.45, 2.75) is 43.5 Å². The van der Waals surface area contributed by atoms with Crippen molar-refractivity contribution in [1.29, 1.82) is 0 Å². The molecule has 3 heterocycles. The van der Waals surface area contributed by atoms with Crippen molar-refractivity contribution in [3.8, 4) is 5.75 Å². The lowest BCUT2D eigenvalue weighted by atomic mass is 9.81. The van der Waals surface area contributed by atoms with Gasteiger partial charge in [0.25, 0.3) is 0 Å². The van der Waals surface area contributed by atoms with Crippen molar-refractivity contribution in [3.05, 3.63) is 48.3 Å². The number of rotatable bonds is 3. The standard InChI is InChI=1S/C20H25N3O3/c1-25-17-13-21-19(22-14-17)23-9-7-20(8-10-23)12-16(24)11-18(26-20)15-5-3-2-4-6-15/h2-6,13-14,16,18,24H,7-12H2,1H3/t16-,18-/m1/s1. The van der Waals surface area contributed by atoms with Gasteiger partial charge in [-0.05, 0) is 18.4 Å². The number of nitrogens with zero attached hydrogens (tertiary/aromatic N) is 3. The van der Waals surface area contributed by atoms with E-state index in [4.69, 9.17) is 9.47 Å². The van der Waals surface area contributed by atoms with Gasteiger partial charge in [-0.2, -0.15) is 0 Å². The molecule has 2 saturated heterocycles. The summed E-state index contributed by atoms with van der Waals surface area (Å²) in [7, 11) is 1.61. The van der Waals surface area contributed by atoms with E-state index in [9.17, 15) is 5.11 Å². The predicted octanol–water partition coefficient (Wildman–Crippen LogP) is 2.74. The van der Waals surface area contributed by atoms with E-state index in [1.165, 1.54) is 0 Å². The molecule has 1 aromatic heterocycles. The highest BCUT2D eigenvalue weighted by atomic mass is 16.5. The van der Waals surface area contributed by atoms with E-state index in [0.29, 0.717) is 18.6 Å². The normalized spacial score (nSPS) is 25.2. The number of anilines is 1. The molecule has 1 N–H and O–H groups in total. The fourth-order valence-electron chi connectivity index (χ4n) is 4.04. The van der Waals surface area contributed by atoms with Gasteiger partial charge in [0, 0.05) is 25.9 Å². The van der Waals surface area contributed by atoms with Crippen molar-refractivity contribution < 1.29 is 14.6 Å². The van der Waals surface area contributed by atoms with Crippen molar-refractivity contribution in [2.24, 2.45) is 0 Å². The van der Waals surface area contributed by atoms with Gasteiger partial charge in [-0.1, -0.05) is 30.3 Å². The maximum atomic E-state index is 10.5. The minimum absolute atomic E-state index is 0.0382. The van der Waals surface area contributed by atoms with Crippen molar-refractivity contribution >= 4 is 5.95 Å². The fourth-order valence-corrected chi connectivity index (χ4v) is 4.04. The van der Waals surface area contributed by atoms with Gasteiger partial charge in [0.2, 0.25) is 5.95 Å². The van der Waals surface area contributed by atoms with Crippen molar-refractivity contribution in [2.75, 3.05) is 25.1 Å². The second-order valence-electron chi connectivity index (χ2n) is 7.20. The monoisotopic (exact) mass is 355 g/mol. The Morgan fingerprint density at radius 3 is 2.50 bits per heavy atom. The first-order chi connectivity index (χ1) is 12.7. The highest BCUT2D eigenvalue weighted by Gasteiger charge is 2.44. The minimum Gasteiger partial charge on any atom is -0.494 e. The molecular weight excluding hydrogens is 330 g/mol. The Morgan fingerprint density at radius 1 is 1.15 bits per heavy atom. The highest BCUT2D eigenvalue weighted by molar-refractivity contribution is 5.32. The van der Waals surface area contributed by atoms with E-state index in [1.807, 2.05) is 18.2 Å². The molecule has 2 atom stereocenters. The highest BCUT2D eigenvalue weighted by Crippen LogP contribution is 2.43. The summed E-state index contributed by atoms with van der Waals surface area (Å²) in [5, 5.41) is 10.5. The first-order valence-corrected chi connectivity index (χ1v) is 9.19. The lowest BCUT2D eigenvalue weighted by Crippen LogP contribution is -2.51. The number of ether oxygens (including phenoxy) is 2. The van der Waals surface area contributed by atoms with Crippen LogP contribution in [0.3, 0.4) is 0 Å². The summed E-state index contributed by atoms with van der Waals surface area (Å²) >= 11 is 0. The number of methoxy groups -OCH3 is 1. The SMILES string of the molecule is COc1cnc(N2CCC3(CC2)C[C@H](O)C[C@H](c2ccccc2)O3)nc1. The zero-order chi connectivity index (χ0) is 18.0. The van der Waals surface area contributed by atoms with Crippen LogP contribution in [0, 0.1) is 0 Å². The third-order valence-corrected chi connectivity index (χ3v) is 5.47. The molecule has 2 aliphatic rings. The van der Waals surface area contributed by atoms with E-state index < -0.39 is 0 Å². The second-order valence-corrected chi connectivity index (χ2v) is 7.20. The van der Waals surface area contributed by atoms with Crippen LogP contribution in [0.5, 0.6) is 5.75 Å². The first-order valence-electron chi connectivity index (χ1n) is 9.19. The molecule has 6 nitrogen and oxygen atoms in total. The number of benzene rings is 1. The molecule has 2 fully saturated rings. The van der Waals surface area contributed by atoms with Crippen LogP contribution in [-0.4, -0.2) is 47.0 Å². The smallest absolute Gasteiger partial charge is 0.225 e. The lowest BCUT2D eigenvalue weighted by molar-refractivity contribution is -0.173. The van der Waals surface area contributed by atoms with E-state index >= 15 is 0 Å². The van der Waals surface area contributed by atoms with Crippen molar-refractivity contribution in [3.63, 3.8) is 0 Å². The van der Waals surface area contributed by atoms with Crippen LogP contribution in [-0.2, 0) is 4.74 Å². The summed E-state index contributed by atoms with van der Waals surface area (Å²) in [5.74, 6) is 1.38. The van der Waals surface area contributed by atoms with Crippen LogP contribution in [0.4, 0.5) is 5.95 Å². The number of aliphatic hydroxyl groups is 1. The Balaban J connectivity index is 1.44. The molecule has 6 heteroatoms. The summed E-state index contributed by atoms with van der Waals surface area (Å²) in [6.07, 6.45) is 6.12. The Morgan fingerprint density at radius 2 is 1.85 bits per heavy atom. The maximum absolute atomic E-state index is 10.5. The Kier molecular flexibility index (Phi) is 4.78. The van der Waals surface area contributed by atoms with Gasteiger partial charge in [0.15, 0.2) is 5.75 Å². The number of aromatic nitrogens is 2.